The number of nitrogens with zero attached hydrogens (tertiary/aromatic N) is 1. The third-order valence-corrected chi connectivity index (χ3v) is 4.95. The van der Waals surface area contributed by atoms with Crippen molar-refractivity contribution in [3.8, 4) is 0 Å². The van der Waals surface area contributed by atoms with Crippen molar-refractivity contribution in [2.45, 2.75) is 64.6 Å². The summed E-state index contributed by atoms with van der Waals surface area (Å²) in [7, 11) is 0. The number of aliphatic hydroxyl groups is 1. The van der Waals surface area contributed by atoms with Crippen LogP contribution >= 0.6 is 0 Å². The average molecular weight is 277 g/mol. The maximum Gasteiger partial charge on any atom is 0.117 e. The van der Waals surface area contributed by atoms with Crippen LogP contribution in [0, 0.1) is 11.3 Å². The van der Waals surface area contributed by atoms with Crippen molar-refractivity contribution in [3.63, 3.8) is 0 Å². The van der Waals surface area contributed by atoms with Gasteiger partial charge in [0, 0.05) is 12.6 Å². The molecule has 3 nitrogen and oxygen atoms in total. The van der Waals surface area contributed by atoms with Gasteiger partial charge in [0.25, 0.3) is 0 Å². The monoisotopic (exact) mass is 277 g/mol. The molecule has 20 heavy (non-hydrogen) atoms. The SMILES string of the molecule is CC1(C)CCC(O)C(CN(Cc2ccco2)C2CC2)C1. The average Bonchev–Trinajstić information content (AvgIpc) is 3.12. The van der Waals surface area contributed by atoms with E-state index in [1.165, 1.54) is 12.8 Å². The highest BCUT2D eigenvalue weighted by Crippen LogP contribution is 2.40. The summed E-state index contributed by atoms with van der Waals surface area (Å²) in [6.07, 6.45) is 7.46. The third-order valence-electron chi connectivity index (χ3n) is 4.95. The Balaban J connectivity index is 1.63. The van der Waals surface area contributed by atoms with E-state index < -0.39 is 0 Å². The molecule has 0 spiro atoms. The van der Waals surface area contributed by atoms with Crippen LogP contribution in [0.1, 0.15) is 51.7 Å². The smallest absolute Gasteiger partial charge is 0.117 e. The lowest BCUT2D eigenvalue weighted by Gasteiger charge is -2.40. The second-order valence-electron chi connectivity index (χ2n) is 7.47. The summed E-state index contributed by atoms with van der Waals surface area (Å²) in [5.41, 5.74) is 0.379. The van der Waals surface area contributed by atoms with Crippen LogP contribution in [0.5, 0.6) is 0 Å². The molecule has 2 unspecified atom stereocenters. The van der Waals surface area contributed by atoms with Gasteiger partial charge in [-0.05, 0) is 55.6 Å². The summed E-state index contributed by atoms with van der Waals surface area (Å²) in [6, 6.07) is 4.72. The van der Waals surface area contributed by atoms with Gasteiger partial charge in [-0.25, -0.2) is 0 Å². The number of hydrogen-bond acceptors (Lipinski definition) is 3. The number of furan rings is 1. The highest BCUT2D eigenvalue weighted by atomic mass is 16.3. The molecule has 2 aliphatic carbocycles. The molecule has 1 aromatic rings. The van der Waals surface area contributed by atoms with Crippen molar-refractivity contribution in [1.29, 1.82) is 0 Å². The maximum atomic E-state index is 10.3. The van der Waals surface area contributed by atoms with Crippen LogP contribution in [0.3, 0.4) is 0 Å². The van der Waals surface area contributed by atoms with Gasteiger partial charge in [-0.1, -0.05) is 13.8 Å². The molecule has 0 aromatic carbocycles. The highest BCUT2D eigenvalue weighted by Gasteiger charge is 2.38. The molecule has 0 aliphatic heterocycles. The fraction of sp³-hybridized carbons (Fsp3) is 0.765. The lowest BCUT2D eigenvalue weighted by Crippen LogP contribution is -2.41. The predicted molar refractivity (Wildman–Crippen MR) is 79.3 cm³/mol. The van der Waals surface area contributed by atoms with Crippen LogP contribution in [-0.2, 0) is 6.54 Å². The Bertz CT molecular complexity index is 422. The Hall–Kier alpha value is -0.800. The predicted octanol–water partition coefficient (Wildman–Crippen LogP) is 3.43. The van der Waals surface area contributed by atoms with Crippen molar-refractivity contribution < 1.29 is 9.52 Å². The first-order valence-corrected chi connectivity index (χ1v) is 7.98. The molecule has 2 atom stereocenters. The summed E-state index contributed by atoms with van der Waals surface area (Å²) in [5.74, 6) is 1.45. The minimum atomic E-state index is -0.124. The van der Waals surface area contributed by atoms with Gasteiger partial charge < -0.3 is 9.52 Å². The molecule has 0 saturated heterocycles. The van der Waals surface area contributed by atoms with E-state index in [0.717, 1.165) is 38.1 Å². The second-order valence-corrected chi connectivity index (χ2v) is 7.47. The number of aliphatic hydroxyl groups excluding tert-OH is 1. The van der Waals surface area contributed by atoms with E-state index in [4.69, 9.17) is 4.42 Å². The largest absolute Gasteiger partial charge is 0.468 e. The van der Waals surface area contributed by atoms with Gasteiger partial charge in [-0.2, -0.15) is 0 Å². The normalized spacial score (nSPS) is 29.8. The molecular formula is C17H27NO2. The van der Waals surface area contributed by atoms with Crippen molar-refractivity contribution in [3.05, 3.63) is 24.2 Å². The van der Waals surface area contributed by atoms with Crippen molar-refractivity contribution in [2.75, 3.05) is 6.54 Å². The van der Waals surface area contributed by atoms with E-state index in [1.807, 2.05) is 6.07 Å². The van der Waals surface area contributed by atoms with Crippen LogP contribution in [0.4, 0.5) is 0 Å². The molecule has 3 heteroatoms. The second kappa shape index (κ2) is 5.53. The Kier molecular flexibility index (Phi) is 3.91. The molecule has 0 bridgehead atoms. The first kappa shape index (κ1) is 14.2. The highest BCUT2D eigenvalue weighted by molar-refractivity contribution is 5.00. The van der Waals surface area contributed by atoms with Crippen LogP contribution in [0.15, 0.2) is 22.8 Å². The van der Waals surface area contributed by atoms with Crippen molar-refractivity contribution in [2.24, 2.45) is 11.3 Å². The van der Waals surface area contributed by atoms with Gasteiger partial charge in [0.2, 0.25) is 0 Å². The fourth-order valence-electron chi connectivity index (χ4n) is 3.59. The Morgan fingerprint density at radius 3 is 2.80 bits per heavy atom. The quantitative estimate of drug-likeness (QED) is 0.896. The maximum absolute atomic E-state index is 10.3. The van der Waals surface area contributed by atoms with E-state index in [-0.39, 0.29) is 6.10 Å². The van der Waals surface area contributed by atoms with E-state index in [0.29, 0.717) is 17.4 Å². The minimum Gasteiger partial charge on any atom is -0.468 e. The number of rotatable bonds is 5. The minimum absolute atomic E-state index is 0.124. The van der Waals surface area contributed by atoms with E-state index in [1.54, 1.807) is 6.26 Å². The van der Waals surface area contributed by atoms with E-state index in [2.05, 4.69) is 24.8 Å². The molecule has 1 aromatic heterocycles. The summed E-state index contributed by atoms with van der Waals surface area (Å²) in [6.45, 7) is 6.57. The molecule has 2 saturated carbocycles. The molecule has 3 rings (SSSR count). The Labute approximate surface area is 122 Å². The fourth-order valence-corrected chi connectivity index (χ4v) is 3.59. The van der Waals surface area contributed by atoms with Gasteiger partial charge >= 0.3 is 0 Å². The third kappa shape index (κ3) is 3.44. The van der Waals surface area contributed by atoms with Crippen LogP contribution in [0.2, 0.25) is 0 Å². The summed E-state index contributed by atoms with van der Waals surface area (Å²) in [4.78, 5) is 2.52. The van der Waals surface area contributed by atoms with Crippen LogP contribution in [0.25, 0.3) is 0 Å². The van der Waals surface area contributed by atoms with E-state index >= 15 is 0 Å². The Morgan fingerprint density at radius 2 is 2.15 bits per heavy atom. The molecule has 1 heterocycles. The molecular weight excluding hydrogens is 250 g/mol. The Morgan fingerprint density at radius 1 is 1.35 bits per heavy atom. The van der Waals surface area contributed by atoms with Gasteiger partial charge in [-0.3, -0.25) is 4.90 Å². The zero-order chi connectivity index (χ0) is 14.2. The first-order valence-electron chi connectivity index (χ1n) is 7.98. The molecule has 2 aliphatic rings. The zero-order valence-electron chi connectivity index (χ0n) is 12.7. The lowest BCUT2D eigenvalue weighted by atomic mass is 9.70. The number of hydrogen-bond donors (Lipinski definition) is 1. The lowest BCUT2D eigenvalue weighted by molar-refractivity contribution is 0.000648. The van der Waals surface area contributed by atoms with Gasteiger partial charge in [0.1, 0.15) is 5.76 Å². The summed E-state index contributed by atoms with van der Waals surface area (Å²) < 4.78 is 5.49. The molecule has 1 N–H and O–H groups in total. The van der Waals surface area contributed by atoms with Gasteiger partial charge in [0.05, 0.1) is 18.9 Å². The molecule has 2 fully saturated rings. The van der Waals surface area contributed by atoms with Crippen LogP contribution in [-0.4, -0.2) is 28.7 Å². The van der Waals surface area contributed by atoms with Crippen LogP contribution < -0.4 is 0 Å². The van der Waals surface area contributed by atoms with Gasteiger partial charge in [-0.15, -0.1) is 0 Å². The van der Waals surface area contributed by atoms with Crippen molar-refractivity contribution >= 4 is 0 Å². The van der Waals surface area contributed by atoms with Gasteiger partial charge in [0.15, 0.2) is 0 Å². The molecule has 112 valence electrons. The van der Waals surface area contributed by atoms with Crippen molar-refractivity contribution in [1.82, 2.24) is 4.90 Å². The molecule has 0 radical (unpaired) electrons. The molecule has 0 amide bonds. The zero-order valence-corrected chi connectivity index (χ0v) is 12.7. The van der Waals surface area contributed by atoms with E-state index in [9.17, 15) is 5.11 Å². The first-order chi connectivity index (χ1) is 9.53. The summed E-state index contributed by atoms with van der Waals surface area (Å²) in [5, 5.41) is 10.3. The summed E-state index contributed by atoms with van der Waals surface area (Å²) >= 11 is 0. The standard InChI is InChI=1S/C17H27NO2/c1-17(2)8-7-16(19)13(10-17)11-18(14-5-6-14)12-15-4-3-9-20-15/h3-4,9,13-14,16,19H,5-8,10-12H2,1-2H3. The topological polar surface area (TPSA) is 36.6 Å².